The fraction of sp³-hybridized carbons (Fsp3) is 0.133. The van der Waals surface area contributed by atoms with E-state index < -0.39 is 0 Å². The van der Waals surface area contributed by atoms with Crippen molar-refractivity contribution in [3.05, 3.63) is 58.1 Å². The SMILES string of the molecule is CNC(=O)c1ccc(OCc2cccc(Br)c2)c(N)c1. The molecule has 4 nitrogen and oxygen atoms in total. The first-order valence-electron chi connectivity index (χ1n) is 6.09. The summed E-state index contributed by atoms with van der Waals surface area (Å²) in [5.41, 5.74) is 7.89. The summed E-state index contributed by atoms with van der Waals surface area (Å²) in [7, 11) is 1.58. The van der Waals surface area contributed by atoms with Crippen molar-refractivity contribution in [1.82, 2.24) is 5.32 Å². The number of ether oxygens (including phenoxy) is 1. The van der Waals surface area contributed by atoms with Gasteiger partial charge in [0, 0.05) is 17.1 Å². The van der Waals surface area contributed by atoms with Crippen molar-refractivity contribution in [2.75, 3.05) is 12.8 Å². The third-order valence-electron chi connectivity index (χ3n) is 2.78. The molecule has 0 saturated carbocycles. The Morgan fingerprint density at radius 2 is 2.10 bits per heavy atom. The Balaban J connectivity index is 2.08. The number of hydrogen-bond donors (Lipinski definition) is 2. The number of hydrogen-bond acceptors (Lipinski definition) is 3. The van der Waals surface area contributed by atoms with Gasteiger partial charge in [0.1, 0.15) is 12.4 Å². The molecule has 0 aliphatic carbocycles. The van der Waals surface area contributed by atoms with Crippen LogP contribution in [0.1, 0.15) is 15.9 Å². The zero-order valence-electron chi connectivity index (χ0n) is 11.0. The molecule has 2 aromatic carbocycles. The molecule has 2 rings (SSSR count). The molecule has 0 fully saturated rings. The van der Waals surface area contributed by atoms with Gasteiger partial charge >= 0.3 is 0 Å². The van der Waals surface area contributed by atoms with Crippen molar-refractivity contribution >= 4 is 27.5 Å². The van der Waals surface area contributed by atoms with E-state index in [0.717, 1.165) is 10.0 Å². The van der Waals surface area contributed by atoms with Gasteiger partial charge in [0.05, 0.1) is 5.69 Å². The van der Waals surface area contributed by atoms with Crippen LogP contribution in [0.25, 0.3) is 0 Å². The zero-order valence-corrected chi connectivity index (χ0v) is 12.6. The topological polar surface area (TPSA) is 64.3 Å². The maximum Gasteiger partial charge on any atom is 0.251 e. The van der Waals surface area contributed by atoms with E-state index >= 15 is 0 Å². The van der Waals surface area contributed by atoms with Gasteiger partial charge in [-0.05, 0) is 35.9 Å². The number of amides is 1. The number of nitrogens with one attached hydrogen (secondary N) is 1. The second kappa shape index (κ2) is 6.43. The Hall–Kier alpha value is -2.01. The summed E-state index contributed by atoms with van der Waals surface area (Å²) in [5, 5.41) is 2.55. The molecule has 2 aromatic rings. The van der Waals surface area contributed by atoms with Crippen molar-refractivity contribution in [1.29, 1.82) is 0 Å². The summed E-state index contributed by atoms with van der Waals surface area (Å²) in [6, 6.07) is 12.9. The lowest BCUT2D eigenvalue weighted by molar-refractivity contribution is 0.0963. The molecule has 5 heteroatoms. The molecular formula is C15H15BrN2O2. The van der Waals surface area contributed by atoms with Gasteiger partial charge in [-0.25, -0.2) is 0 Å². The average Bonchev–Trinajstić information content (AvgIpc) is 2.45. The minimum absolute atomic E-state index is 0.171. The van der Waals surface area contributed by atoms with E-state index in [1.54, 1.807) is 25.2 Å². The second-order valence-corrected chi connectivity index (χ2v) is 5.17. The first-order valence-corrected chi connectivity index (χ1v) is 6.88. The summed E-state index contributed by atoms with van der Waals surface area (Å²) >= 11 is 3.41. The lowest BCUT2D eigenvalue weighted by atomic mass is 10.1. The highest BCUT2D eigenvalue weighted by atomic mass is 79.9. The predicted molar refractivity (Wildman–Crippen MR) is 82.7 cm³/mol. The van der Waals surface area contributed by atoms with Crippen molar-refractivity contribution in [3.8, 4) is 5.75 Å². The van der Waals surface area contributed by atoms with Crippen LogP contribution in [0.5, 0.6) is 5.75 Å². The molecule has 0 atom stereocenters. The number of nitrogens with two attached hydrogens (primary N) is 1. The van der Waals surface area contributed by atoms with E-state index in [0.29, 0.717) is 23.6 Å². The first-order chi connectivity index (χ1) is 9.60. The van der Waals surface area contributed by atoms with Crippen molar-refractivity contribution in [2.45, 2.75) is 6.61 Å². The number of carbonyl (C=O) groups is 1. The van der Waals surface area contributed by atoms with Crippen molar-refractivity contribution in [3.63, 3.8) is 0 Å². The number of rotatable bonds is 4. The third kappa shape index (κ3) is 3.51. The van der Waals surface area contributed by atoms with E-state index in [1.807, 2.05) is 24.3 Å². The van der Waals surface area contributed by atoms with Gasteiger partial charge in [-0.1, -0.05) is 28.1 Å². The lowest BCUT2D eigenvalue weighted by Crippen LogP contribution is -2.17. The summed E-state index contributed by atoms with van der Waals surface area (Å²) in [6.45, 7) is 0.420. The van der Waals surface area contributed by atoms with Gasteiger partial charge < -0.3 is 15.8 Å². The van der Waals surface area contributed by atoms with E-state index in [9.17, 15) is 4.79 Å². The van der Waals surface area contributed by atoms with Crippen LogP contribution >= 0.6 is 15.9 Å². The van der Waals surface area contributed by atoms with Gasteiger partial charge in [0.2, 0.25) is 0 Å². The van der Waals surface area contributed by atoms with Crippen LogP contribution in [0.2, 0.25) is 0 Å². The Labute approximate surface area is 126 Å². The van der Waals surface area contributed by atoms with Crippen LogP contribution in [-0.4, -0.2) is 13.0 Å². The predicted octanol–water partition coefficient (Wildman–Crippen LogP) is 2.97. The molecule has 0 saturated heterocycles. The Morgan fingerprint density at radius 1 is 1.30 bits per heavy atom. The van der Waals surface area contributed by atoms with E-state index in [-0.39, 0.29) is 5.91 Å². The Morgan fingerprint density at radius 3 is 2.75 bits per heavy atom. The standard InChI is InChI=1S/C15H15BrN2O2/c1-18-15(19)11-5-6-14(13(17)8-11)20-9-10-3-2-4-12(16)7-10/h2-8H,9,17H2,1H3,(H,18,19). The summed E-state index contributed by atoms with van der Waals surface area (Å²) in [5.74, 6) is 0.396. The number of benzene rings is 2. The van der Waals surface area contributed by atoms with E-state index in [2.05, 4.69) is 21.2 Å². The molecule has 20 heavy (non-hydrogen) atoms. The van der Waals surface area contributed by atoms with Crippen LogP contribution in [0.15, 0.2) is 46.9 Å². The largest absolute Gasteiger partial charge is 0.487 e. The molecule has 0 spiro atoms. The normalized spacial score (nSPS) is 10.1. The highest BCUT2D eigenvalue weighted by Crippen LogP contribution is 2.24. The van der Waals surface area contributed by atoms with Crippen LogP contribution in [0.4, 0.5) is 5.69 Å². The molecule has 0 bridgehead atoms. The highest BCUT2D eigenvalue weighted by molar-refractivity contribution is 9.10. The molecule has 0 heterocycles. The molecular weight excluding hydrogens is 320 g/mol. The number of carbonyl (C=O) groups excluding carboxylic acids is 1. The Bertz CT molecular complexity index is 629. The number of halogens is 1. The summed E-state index contributed by atoms with van der Waals surface area (Å²) < 4.78 is 6.67. The minimum Gasteiger partial charge on any atom is -0.487 e. The van der Waals surface area contributed by atoms with E-state index in [1.165, 1.54) is 0 Å². The maximum atomic E-state index is 11.5. The molecule has 3 N–H and O–H groups in total. The minimum atomic E-state index is -0.171. The molecule has 0 radical (unpaired) electrons. The molecule has 0 unspecified atom stereocenters. The average molecular weight is 335 g/mol. The van der Waals surface area contributed by atoms with Crippen molar-refractivity contribution in [2.24, 2.45) is 0 Å². The number of anilines is 1. The smallest absolute Gasteiger partial charge is 0.251 e. The lowest BCUT2D eigenvalue weighted by Gasteiger charge is -2.10. The first kappa shape index (κ1) is 14.4. The molecule has 0 aliphatic rings. The number of nitrogen functional groups attached to an aromatic ring is 1. The Kier molecular flexibility index (Phi) is 4.63. The van der Waals surface area contributed by atoms with Crippen molar-refractivity contribution < 1.29 is 9.53 Å². The summed E-state index contributed by atoms with van der Waals surface area (Å²) in [4.78, 5) is 11.5. The van der Waals surface area contributed by atoms with Gasteiger partial charge in [-0.15, -0.1) is 0 Å². The second-order valence-electron chi connectivity index (χ2n) is 4.25. The zero-order chi connectivity index (χ0) is 14.5. The molecule has 0 aliphatic heterocycles. The van der Waals surface area contributed by atoms with Gasteiger partial charge in [0.15, 0.2) is 0 Å². The fourth-order valence-corrected chi connectivity index (χ4v) is 2.20. The van der Waals surface area contributed by atoms with Crippen LogP contribution < -0.4 is 15.8 Å². The summed E-state index contributed by atoms with van der Waals surface area (Å²) in [6.07, 6.45) is 0. The molecule has 104 valence electrons. The molecule has 1 amide bonds. The van der Waals surface area contributed by atoms with E-state index in [4.69, 9.17) is 10.5 Å². The fourth-order valence-electron chi connectivity index (χ4n) is 1.75. The maximum absolute atomic E-state index is 11.5. The van der Waals surface area contributed by atoms with Crippen LogP contribution in [-0.2, 0) is 6.61 Å². The van der Waals surface area contributed by atoms with Gasteiger partial charge in [-0.2, -0.15) is 0 Å². The van der Waals surface area contributed by atoms with Crippen LogP contribution in [0.3, 0.4) is 0 Å². The highest BCUT2D eigenvalue weighted by Gasteiger charge is 2.07. The quantitative estimate of drug-likeness (QED) is 0.845. The van der Waals surface area contributed by atoms with Crippen LogP contribution in [0, 0.1) is 0 Å². The van der Waals surface area contributed by atoms with Gasteiger partial charge in [-0.3, -0.25) is 4.79 Å². The van der Waals surface area contributed by atoms with Gasteiger partial charge in [0.25, 0.3) is 5.91 Å². The molecule has 0 aromatic heterocycles. The third-order valence-corrected chi connectivity index (χ3v) is 3.28. The monoisotopic (exact) mass is 334 g/mol.